The number of carbonyl (C=O) groups is 1. The second-order valence-corrected chi connectivity index (χ2v) is 9.92. The number of urea groups is 1. The molecule has 0 heterocycles. The minimum absolute atomic E-state index is 0.0863. The molecule has 1 fully saturated rings. The van der Waals surface area contributed by atoms with Crippen molar-refractivity contribution < 1.29 is 13.2 Å². The number of nitrogens with two attached hydrogens (primary N) is 1. The first-order valence-electron chi connectivity index (χ1n) is 10.7. The van der Waals surface area contributed by atoms with E-state index in [1.165, 1.54) is 5.01 Å². The van der Waals surface area contributed by atoms with E-state index >= 15 is 0 Å². The van der Waals surface area contributed by atoms with Crippen LogP contribution in [0.3, 0.4) is 0 Å². The lowest BCUT2D eigenvalue weighted by Gasteiger charge is -2.31. The third-order valence-corrected chi connectivity index (χ3v) is 7.32. The fourth-order valence-electron chi connectivity index (χ4n) is 4.12. The van der Waals surface area contributed by atoms with E-state index in [0.29, 0.717) is 5.69 Å². The maximum Gasteiger partial charge on any atom is 0.335 e. The van der Waals surface area contributed by atoms with Crippen LogP contribution >= 0.6 is 0 Å². The van der Waals surface area contributed by atoms with Crippen molar-refractivity contribution in [2.45, 2.75) is 43.2 Å². The highest BCUT2D eigenvalue weighted by molar-refractivity contribution is 7.89. The summed E-state index contributed by atoms with van der Waals surface area (Å²) < 4.78 is 26.5. The zero-order chi connectivity index (χ0) is 22.7. The summed E-state index contributed by atoms with van der Waals surface area (Å²) in [5.74, 6) is 0. The Balaban J connectivity index is 1.62. The molecule has 0 aromatic heterocycles. The van der Waals surface area contributed by atoms with Gasteiger partial charge in [-0.15, -0.1) is 4.83 Å². The number of hydrogen-bond acceptors (Lipinski definition) is 4. The van der Waals surface area contributed by atoms with Gasteiger partial charge in [-0.05, 0) is 53.4 Å². The van der Waals surface area contributed by atoms with Gasteiger partial charge in [0.15, 0.2) is 0 Å². The van der Waals surface area contributed by atoms with Gasteiger partial charge in [0.25, 0.3) is 10.0 Å². The highest BCUT2D eigenvalue weighted by Crippen LogP contribution is 2.24. The SMILES string of the molecule is CN(C(=O)N(Cc1ccc(N)cc1)NS(=O)(=O)c1ccc2ccccc2c1)C1CCCC1. The molecule has 1 aliphatic carbocycles. The van der Waals surface area contributed by atoms with E-state index < -0.39 is 10.0 Å². The lowest BCUT2D eigenvalue weighted by atomic mass is 10.1. The van der Waals surface area contributed by atoms with Gasteiger partial charge in [0.1, 0.15) is 0 Å². The quantitative estimate of drug-likeness (QED) is 0.435. The number of benzene rings is 3. The van der Waals surface area contributed by atoms with Gasteiger partial charge in [-0.1, -0.05) is 55.3 Å². The van der Waals surface area contributed by atoms with Crippen molar-refractivity contribution in [2.75, 3.05) is 12.8 Å². The number of carbonyl (C=O) groups excluding carboxylic acids is 1. The molecule has 7 nitrogen and oxygen atoms in total. The number of nitrogens with one attached hydrogen (secondary N) is 1. The number of sulfonamides is 1. The number of nitrogens with zero attached hydrogens (tertiary/aromatic N) is 2. The molecule has 1 aliphatic rings. The average Bonchev–Trinajstić information content (AvgIpc) is 3.33. The van der Waals surface area contributed by atoms with Crippen LogP contribution in [0, 0.1) is 0 Å². The first kappa shape index (κ1) is 22.1. The monoisotopic (exact) mass is 452 g/mol. The predicted octanol–water partition coefficient (Wildman–Crippen LogP) is 4.11. The molecule has 168 valence electrons. The molecule has 4 rings (SSSR count). The zero-order valence-electron chi connectivity index (χ0n) is 18.1. The third kappa shape index (κ3) is 4.87. The highest BCUT2D eigenvalue weighted by Gasteiger charge is 2.30. The van der Waals surface area contributed by atoms with Gasteiger partial charge in [-0.25, -0.2) is 18.2 Å². The summed E-state index contributed by atoms with van der Waals surface area (Å²) >= 11 is 0. The van der Waals surface area contributed by atoms with Gasteiger partial charge in [-0.3, -0.25) is 0 Å². The van der Waals surface area contributed by atoms with Gasteiger partial charge in [0.05, 0.1) is 11.4 Å². The second-order valence-electron chi connectivity index (χ2n) is 8.26. The Bertz CT molecular complexity index is 1210. The van der Waals surface area contributed by atoms with E-state index in [-0.39, 0.29) is 23.5 Å². The van der Waals surface area contributed by atoms with Crippen LogP contribution < -0.4 is 10.6 Å². The van der Waals surface area contributed by atoms with E-state index in [2.05, 4.69) is 4.83 Å². The predicted molar refractivity (Wildman–Crippen MR) is 126 cm³/mol. The Morgan fingerprint density at radius 1 is 1.00 bits per heavy atom. The van der Waals surface area contributed by atoms with Crippen LogP contribution in [-0.4, -0.2) is 37.4 Å². The summed E-state index contributed by atoms with van der Waals surface area (Å²) in [7, 11) is -2.24. The van der Waals surface area contributed by atoms with Crippen molar-refractivity contribution >= 4 is 32.5 Å². The Hall–Kier alpha value is -3.10. The van der Waals surface area contributed by atoms with Crippen molar-refractivity contribution in [3.8, 4) is 0 Å². The maximum absolute atomic E-state index is 13.3. The third-order valence-electron chi connectivity index (χ3n) is 5.99. The Morgan fingerprint density at radius 3 is 2.34 bits per heavy atom. The summed E-state index contributed by atoms with van der Waals surface area (Å²) in [6.45, 7) is 0.0863. The minimum atomic E-state index is -3.98. The van der Waals surface area contributed by atoms with Crippen molar-refractivity contribution in [3.05, 3.63) is 72.3 Å². The van der Waals surface area contributed by atoms with Gasteiger partial charge in [0, 0.05) is 18.8 Å². The molecule has 0 bridgehead atoms. The van der Waals surface area contributed by atoms with E-state index in [1.807, 2.05) is 24.3 Å². The number of rotatable bonds is 6. The van der Waals surface area contributed by atoms with Crippen LogP contribution in [0.15, 0.2) is 71.6 Å². The van der Waals surface area contributed by atoms with Crippen LogP contribution in [0.5, 0.6) is 0 Å². The fraction of sp³-hybridized carbons (Fsp3) is 0.292. The normalized spacial score (nSPS) is 14.5. The number of anilines is 1. The van der Waals surface area contributed by atoms with Crippen LogP contribution in [0.4, 0.5) is 10.5 Å². The van der Waals surface area contributed by atoms with Crippen molar-refractivity contribution in [1.29, 1.82) is 0 Å². The van der Waals surface area contributed by atoms with Crippen LogP contribution in [-0.2, 0) is 16.6 Å². The van der Waals surface area contributed by atoms with Gasteiger partial charge in [-0.2, -0.15) is 0 Å². The molecule has 1 saturated carbocycles. The Labute approximate surface area is 188 Å². The molecule has 0 radical (unpaired) electrons. The van der Waals surface area contributed by atoms with Crippen molar-refractivity contribution in [2.24, 2.45) is 0 Å². The lowest BCUT2D eigenvalue weighted by Crippen LogP contribution is -2.52. The smallest absolute Gasteiger partial charge is 0.335 e. The molecule has 0 atom stereocenters. The second kappa shape index (κ2) is 9.18. The molecule has 2 amide bonds. The van der Waals surface area contributed by atoms with E-state index in [0.717, 1.165) is 42.0 Å². The molecule has 0 saturated heterocycles. The first-order chi connectivity index (χ1) is 15.3. The molecule has 0 aliphatic heterocycles. The summed E-state index contributed by atoms with van der Waals surface area (Å²) in [5, 5.41) is 2.94. The van der Waals surface area contributed by atoms with Crippen molar-refractivity contribution in [1.82, 2.24) is 14.7 Å². The standard InChI is InChI=1S/C24H28N4O3S/c1-27(22-8-4-5-9-22)24(29)28(17-18-10-13-21(25)14-11-18)26-32(30,31)23-15-12-19-6-2-3-7-20(19)16-23/h2-3,6-7,10-16,22,26H,4-5,8-9,17,25H2,1H3. The lowest BCUT2D eigenvalue weighted by molar-refractivity contribution is 0.135. The molecule has 0 unspecified atom stereocenters. The van der Waals surface area contributed by atoms with Crippen LogP contribution in [0.2, 0.25) is 0 Å². The molecule has 32 heavy (non-hydrogen) atoms. The molecular formula is C24H28N4O3S. The zero-order valence-corrected chi connectivity index (χ0v) is 18.9. The topological polar surface area (TPSA) is 95.7 Å². The Kier molecular flexibility index (Phi) is 6.34. The number of nitrogen functional groups attached to an aromatic ring is 1. The maximum atomic E-state index is 13.3. The first-order valence-corrected chi connectivity index (χ1v) is 12.2. The molecular weight excluding hydrogens is 424 g/mol. The number of amides is 2. The van der Waals surface area contributed by atoms with E-state index in [4.69, 9.17) is 5.73 Å². The molecule has 0 spiro atoms. The Morgan fingerprint density at radius 2 is 1.66 bits per heavy atom. The van der Waals surface area contributed by atoms with Crippen molar-refractivity contribution in [3.63, 3.8) is 0 Å². The summed E-state index contributed by atoms with van der Waals surface area (Å²) in [6, 6.07) is 19.3. The van der Waals surface area contributed by atoms with Gasteiger partial charge in [0.2, 0.25) is 0 Å². The van der Waals surface area contributed by atoms with Crippen LogP contribution in [0.25, 0.3) is 10.8 Å². The highest BCUT2D eigenvalue weighted by atomic mass is 32.2. The number of hydrazine groups is 1. The van der Waals surface area contributed by atoms with Gasteiger partial charge >= 0.3 is 6.03 Å². The number of hydrogen-bond donors (Lipinski definition) is 2. The molecule has 3 aromatic carbocycles. The average molecular weight is 453 g/mol. The molecule has 3 N–H and O–H groups in total. The number of fused-ring (bicyclic) bond motifs is 1. The van der Waals surface area contributed by atoms with Gasteiger partial charge < -0.3 is 10.6 Å². The summed E-state index contributed by atoms with van der Waals surface area (Å²) in [5.41, 5.74) is 7.15. The molecule has 8 heteroatoms. The van der Waals surface area contributed by atoms with E-state index in [9.17, 15) is 13.2 Å². The minimum Gasteiger partial charge on any atom is -0.399 e. The summed E-state index contributed by atoms with van der Waals surface area (Å²) in [6.07, 6.45) is 4.00. The van der Waals surface area contributed by atoms with Crippen LogP contribution in [0.1, 0.15) is 31.2 Å². The summed E-state index contributed by atoms with van der Waals surface area (Å²) in [4.78, 5) is 17.6. The van der Waals surface area contributed by atoms with E-state index in [1.54, 1.807) is 54.4 Å². The fourth-order valence-corrected chi connectivity index (χ4v) is 5.18. The molecule has 3 aromatic rings. The largest absolute Gasteiger partial charge is 0.399 e.